The third kappa shape index (κ3) is 5.58. The number of nitrogens with one attached hydrogen (secondary N) is 2. The number of anilines is 1. The molecule has 6 heteroatoms. The predicted molar refractivity (Wildman–Crippen MR) is 71.1 cm³/mol. The number of rotatable bonds is 6. The Balaban J connectivity index is 2.25. The molecule has 0 aliphatic carbocycles. The second-order valence-corrected chi connectivity index (χ2v) is 3.94. The molecule has 0 bridgehead atoms. The maximum absolute atomic E-state index is 11.5. The first-order valence-electron chi connectivity index (χ1n) is 5.74. The minimum Gasteiger partial charge on any atom is -0.508 e. The minimum atomic E-state index is -1.02. The highest BCUT2D eigenvalue weighted by Gasteiger charge is 2.04. The molecule has 0 atom stereocenters. The van der Waals surface area contributed by atoms with E-state index in [-0.39, 0.29) is 11.3 Å². The summed E-state index contributed by atoms with van der Waals surface area (Å²) in [7, 11) is 0. The molecular formula is C13H16N2O4. The third-order valence-corrected chi connectivity index (χ3v) is 2.35. The van der Waals surface area contributed by atoms with Gasteiger partial charge in [0.05, 0.1) is 0 Å². The van der Waals surface area contributed by atoms with Crippen molar-refractivity contribution >= 4 is 17.7 Å². The lowest BCUT2D eigenvalue weighted by atomic mass is 10.2. The first-order chi connectivity index (χ1) is 8.99. The van der Waals surface area contributed by atoms with E-state index in [0.717, 1.165) is 0 Å². The first-order valence-corrected chi connectivity index (χ1v) is 5.74. The summed E-state index contributed by atoms with van der Waals surface area (Å²) in [6.07, 6.45) is 0.820. The first kappa shape index (κ1) is 14.6. The molecule has 1 aromatic carbocycles. The highest BCUT2D eigenvalue weighted by molar-refractivity contribution is 5.89. The van der Waals surface area contributed by atoms with Gasteiger partial charge in [0.1, 0.15) is 5.75 Å². The van der Waals surface area contributed by atoms with Crippen LogP contribution in [0.1, 0.15) is 12.8 Å². The molecule has 0 aliphatic rings. The predicted octanol–water partition coefficient (Wildman–Crippen LogP) is 1.93. The van der Waals surface area contributed by atoms with Crippen LogP contribution >= 0.6 is 0 Å². The van der Waals surface area contributed by atoms with Gasteiger partial charge in [-0.1, -0.05) is 12.6 Å². The van der Waals surface area contributed by atoms with Crippen molar-refractivity contribution in [1.29, 1.82) is 0 Å². The summed E-state index contributed by atoms with van der Waals surface area (Å²) in [5, 5.41) is 22.9. The van der Waals surface area contributed by atoms with E-state index < -0.39 is 12.0 Å². The Labute approximate surface area is 110 Å². The molecule has 0 unspecified atom stereocenters. The maximum atomic E-state index is 11.5. The van der Waals surface area contributed by atoms with Crippen LogP contribution in [0.2, 0.25) is 0 Å². The number of benzene rings is 1. The van der Waals surface area contributed by atoms with Crippen LogP contribution in [0, 0.1) is 0 Å². The number of carboxylic acid groups (broad SMARTS) is 1. The fourth-order valence-electron chi connectivity index (χ4n) is 1.37. The van der Waals surface area contributed by atoms with Crippen molar-refractivity contribution in [2.45, 2.75) is 12.8 Å². The van der Waals surface area contributed by atoms with Crippen molar-refractivity contribution in [3.8, 4) is 5.75 Å². The smallest absolute Gasteiger partial charge is 0.330 e. The molecule has 4 N–H and O–H groups in total. The number of urea groups is 1. The molecule has 102 valence electrons. The molecular weight excluding hydrogens is 248 g/mol. The quantitative estimate of drug-likeness (QED) is 0.466. The lowest BCUT2D eigenvalue weighted by Crippen LogP contribution is -2.29. The zero-order valence-corrected chi connectivity index (χ0v) is 10.3. The molecule has 2 amide bonds. The highest BCUT2D eigenvalue weighted by Crippen LogP contribution is 2.14. The maximum Gasteiger partial charge on any atom is 0.330 e. The van der Waals surface area contributed by atoms with Crippen LogP contribution in [0.25, 0.3) is 0 Å². The lowest BCUT2D eigenvalue weighted by Gasteiger charge is -2.07. The van der Waals surface area contributed by atoms with Crippen LogP contribution in [0.3, 0.4) is 0 Å². The number of phenols is 1. The van der Waals surface area contributed by atoms with Gasteiger partial charge in [0.2, 0.25) is 0 Å². The SMILES string of the molecule is C=C(CCCNC(=O)Nc1cccc(O)c1)C(=O)O. The standard InChI is InChI=1S/C13H16N2O4/c1-9(12(17)18)4-3-7-14-13(19)15-10-5-2-6-11(16)8-10/h2,5-6,8,16H,1,3-4,7H2,(H,17,18)(H2,14,15,19). The Kier molecular flexibility index (Phi) is 5.40. The number of amides is 2. The highest BCUT2D eigenvalue weighted by atomic mass is 16.4. The molecule has 19 heavy (non-hydrogen) atoms. The molecule has 0 spiro atoms. The second-order valence-electron chi connectivity index (χ2n) is 3.94. The van der Waals surface area contributed by atoms with Crippen molar-refractivity contribution in [2.24, 2.45) is 0 Å². The second kappa shape index (κ2) is 7.05. The van der Waals surface area contributed by atoms with Crippen molar-refractivity contribution < 1.29 is 19.8 Å². The van der Waals surface area contributed by atoms with E-state index in [1.807, 2.05) is 0 Å². The van der Waals surface area contributed by atoms with Crippen LogP contribution in [-0.4, -0.2) is 28.8 Å². The molecule has 6 nitrogen and oxygen atoms in total. The lowest BCUT2D eigenvalue weighted by molar-refractivity contribution is -0.132. The molecule has 0 heterocycles. The van der Waals surface area contributed by atoms with Crippen molar-refractivity contribution in [1.82, 2.24) is 5.32 Å². The average molecular weight is 264 g/mol. The van der Waals surface area contributed by atoms with Gasteiger partial charge in [-0.25, -0.2) is 9.59 Å². The zero-order chi connectivity index (χ0) is 14.3. The topological polar surface area (TPSA) is 98.7 Å². The Morgan fingerprint density at radius 3 is 2.68 bits per heavy atom. The Morgan fingerprint density at radius 2 is 2.05 bits per heavy atom. The number of hydrogen-bond donors (Lipinski definition) is 4. The number of carbonyl (C=O) groups excluding carboxylic acids is 1. The normalized spacial score (nSPS) is 9.68. The number of carbonyl (C=O) groups is 2. The van der Waals surface area contributed by atoms with E-state index in [9.17, 15) is 14.7 Å². The molecule has 1 rings (SSSR count). The summed E-state index contributed by atoms with van der Waals surface area (Å²) in [5.74, 6) is -0.959. The van der Waals surface area contributed by atoms with E-state index in [1.54, 1.807) is 12.1 Å². The molecule has 0 aliphatic heterocycles. The van der Waals surface area contributed by atoms with Gasteiger partial charge < -0.3 is 20.8 Å². The molecule has 0 saturated carbocycles. The molecule has 0 fully saturated rings. The number of carboxylic acids is 1. The fourth-order valence-corrected chi connectivity index (χ4v) is 1.37. The monoisotopic (exact) mass is 264 g/mol. The van der Waals surface area contributed by atoms with Gasteiger partial charge in [-0.05, 0) is 25.0 Å². The number of hydrogen-bond acceptors (Lipinski definition) is 3. The largest absolute Gasteiger partial charge is 0.508 e. The Morgan fingerprint density at radius 1 is 1.32 bits per heavy atom. The summed E-state index contributed by atoms with van der Waals surface area (Å²) >= 11 is 0. The van der Waals surface area contributed by atoms with Crippen molar-refractivity contribution in [3.05, 3.63) is 36.4 Å². The Hall–Kier alpha value is -2.50. The van der Waals surface area contributed by atoms with Crippen molar-refractivity contribution in [3.63, 3.8) is 0 Å². The summed E-state index contributed by atoms with van der Waals surface area (Å²) < 4.78 is 0. The molecule has 0 saturated heterocycles. The summed E-state index contributed by atoms with van der Waals surface area (Å²) in [6, 6.07) is 5.77. The van der Waals surface area contributed by atoms with E-state index in [4.69, 9.17) is 5.11 Å². The van der Waals surface area contributed by atoms with Gasteiger partial charge in [-0.2, -0.15) is 0 Å². The zero-order valence-electron chi connectivity index (χ0n) is 10.3. The fraction of sp³-hybridized carbons (Fsp3) is 0.231. The van der Waals surface area contributed by atoms with Crippen molar-refractivity contribution in [2.75, 3.05) is 11.9 Å². The number of aliphatic carboxylic acids is 1. The summed E-state index contributed by atoms with van der Waals surface area (Å²) in [4.78, 5) is 21.9. The number of aromatic hydroxyl groups is 1. The van der Waals surface area contributed by atoms with Crippen LogP contribution in [-0.2, 0) is 4.79 Å². The third-order valence-electron chi connectivity index (χ3n) is 2.35. The number of phenolic OH excluding ortho intramolecular Hbond substituents is 1. The van der Waals surface area contributed by atoms with Crippen LogP contribution in [0.5, 0.6) is 5.75 Å². The van der Waals surface area contributed by atoms with Gasteiger partial charge >= 0.3 is 12.0 Å². The summed E-state index contributed by atoms with van der Waals surface area (Å²) in [6.45, 7) is 3.74. The van der Waals surface area contributed by atoms with E-state index in [2.05, 4.69) is 17.2 Å². The average Bonchev–Trinajstić information content (AvgIpc) is 2.34. The molecule has 0 radical (unpaired) electrons. The molecule has 0 aromatic heterocycles. The van der Waals surface area contributed by atoms with Crippen LogP contribution < -0.4 is 10.6 Å². The van der Waals surface area contributed by atoms with Gasteiger partial charge in [-0.15, -0.1) is 0 Å². The molecule has 1 aromatic rings. The van der Waals surface area contributed by atoms with E-state index >= 15 is 0 Å². The van der Waals surface area contributed by atoms with E-state index in [1.165, 1.54) is 12.1 Å². The summed E-state index contributed by atoms with van der Waals surface area (Å²) in [5.41, 5.74) is 0.600. The van der Waals surface area contributed by atoms with Crippen LogP contribution in [0.15, 0.2) is 36.4 Å². The Bertz CT molecular complexity index is 485. The van der Waals surface area contributed by atoms with Gasteiger partial charge in [-0.3, -0.25) is 0 Å². The van der Waals surface area contributed by atoms with Gasteiger partial charge in [0.25, 0.3) is 0 Å². The van der Waals surface area contributed by atoms with Gasteiger partial charge in [0, 0.05) is 23.9 Å². The van der Waals surface area contributed by atoms with Gasteiger partial charge in [0.15, 0.2) is 0 Å². The van der Waals surface area contributed by atoms with E-state index in [0.29, 0.717) is 25.1 Å². The minimum absolute atomic E-state index is 0.0653. The van der Waals surface area contributed by atoms with Crippen LogP contribution in [0.4, 0.5) is 10.5 Å².